The maximum Gasteiger partial charge on any atom is 0.0436 e. The van der Waals surface area contributed by atoms with Gasteiger partial charge in [0.15, 0.2) is 0 Å². The maximum absolute atomic E-state index is 10.1. The first-order valence-corrected chi connectivity index (χ1v) is 16.1. The summed E-state index contributed by atoms with van der Waals surface area (Å²) in [4.78, 5) is 0. The summed E-state index contributed by atoms with van der Waals surface area (Å²) in [5.41, 5.74) is -0.425. The molecule has 1 fully saturated rings. The van der Waals surface area contributed by atoms with Crippen LogP contribution in [0.5, 0.6) is 0 Å². The molecule has 1 rings (SSSR count). The summed E-state index contributed by atoms with van der Waals surface area (Å²) >= 11 is 0. The van der Waals surface area contributed by atoms with Crippen LogP contribution in [-0.2, 0) is 0 Å². The van der Waals surface area contributed by atoms with Crippen molar-refractivity contribution >= 4 is 0 Å². The average Bonchev–Trinajstić information content (AvgIpc) is 2.86. The zero-order valence-electron chi connectivity index (χ0n) is 24.0. The summed E-state index contributed by atoms with van der Waals surface area (Å²) in [6, 6.07) is 0. The number of aliphatic hydroxyl groups is 4. The fourth-order valence-corrected chi connectivity index (χ4v) is 7.31. The molecule has 0 radical (unpaired) electrons. The van der Waals surface area contributed by atoms with E-state index in [1.807, 2.05) is 0 Å². The van der Waals surface area contributed by atoms with Crippen molar-refractivity contribution in [2.24, 2.45) is 10.8 Å². The molecule has 0 aromatic carbocycles. The molecule has 36 heavy (non-hydrogen) atoms. The van der Waals surface area contributed by atoms with Gasteiger partial charge in [-0.25, -0.2) is 0 Å². The average molecular weight is 513 g/mol. The van der Waals surface area contributed by atoms with Gasteiger partial charge in [-0.3, -0.25) is 0 Å². The number of aliphatic hydroxyl groups excluding tert-OH is 4. The van der Waals surface area contributed by atoms with Crippen molar-refractivity contribution in [3.05, 3.63) is 0 Å². The summed E-state index contributed by atoms with van der Waals surface area (Å²) in [5, 5.41) is 40.4. The highest BCUT2D eigenvalue weighted by Crippen LogP contribution is 2.56. The Morgan fingerprint density at radius 3 is 0.611 bits per heavy atom. The third kappa shape index (κ3) is 13.6. The molecule has 0 unspecified atom stereocenters. The van der Waals surface area contributed by atoms with Crippen LogP contribution in [0, 0.1) is 10.8 Å². The second kappa shape index (κ2) is 22.8. The highest BCUT2D eigenvalue weighted by atomic mass is 16.3. The van der Waals surface area contributed by atoms with Crippen LogP contribution < -0.4 is 0 Å². The number of hydrogen-bond donors (Lipinski definition) is 4. The lowest BCUT2D eigenvalue weighted by molar-refractivity contribution is -0.0601. The van der Waals surface area contributed by atoms with E-state index in [-0.39, 0.29) is 37.3 Å². The molecule has 0 aromatic rings. The SMILES string of the molecule is OCCC1(CCO)CCCCCCCCCCCCCCCCCCCCCCC1(CCO)CCO. The molecule has 1 saturated carbocycles. The van der Waals surface area contributed by atoms with Gasteiger partial charge in [-0.05, 0) is 49.4 Å². The van der Waals surface area contributed by atoms with Gasteiger partial charge in [0.05, 0.1) is 0 Å². The van der Waals surface area contributed by atoms with E-state index >= 15 is 0 Å². The van der Waals surface area contributed by atoms with Crippen LogP contribution in [0.4, 0.5) is 0 Å². The van der Waals surface area contributed by atoms with Gasteiger partial charge in [0, 0.05) is 26.4 Å². The Morgan fingerprint density at radius 1 is 0.278 bits per heavy atom. The molecule has 0 aromatic heterocycles. The molecule has 4 nitrogen and oxygen atoms in total. The molecule has 1 aliphatic carbocycles. The van der Waals surface area contributed by atoms with Gasteiger partial charge in [-0.15, -0.1) is 0 Å². The summed E-state index contributed by atoms with van der Waals surface area (Å²) in [6.45, 7) is 0.439. The summed E-state index contributed by atoms with van der Waals surface area (Å²) in [7, 11) is 0. The monoisotopic (exact) mass is 512 g/mol. The molecule has 0 saturated heterocycles. The molecule has 0 heterocycles. The first-order valence-electron chi connectivity index (χ1n) is 16.1. The highest BCUT2D eigenvalue weighted by molar-refractivity contribution is 4.98. The van der Waals surface area contributed by atoms with Gasteiger partial charge in [-0.1, -0.05) is 128 Å². The van der Waals surface area contributed by atoms with E-state index in [1.165, 1.54) is 116 Å². The van der Waals surface area contributed by atoms with E-state index in [2.05, 4.69) is 0 Å². The van der Waals surface area contributed by atoms with Crippen molar-refractivity contribution < 1.29 is 20.4 Å². The fraction of sp³-hybridized carbons (Fsp3) is 1.00. The van der Waals surface area contributed by atoms with Crippen molar-refractivity contribution in [1.29, 1.82) is 0 Å². The van der Waals surface area contributed by atoms with Crippen LogP contribution in [0.2, 0.25) is 0 Å². The molecule has 4 heteroatoms. The second-order valence-corrected chi connectivity index (χ2v) is 12.0. The van der Waals surface area contributed by atoms with Gasteiger partial charge in [-0.2, -0.15) is 0 Å². The lowest BCUT2D eigenvalue weighted by atomic mass is 9.53. The Kier molecular flexibility index (Phi) is 21.4. The summed E-state index contributed by atoms with van der Waals surface area (Å²) < 4.78 is 0. The minimum absolute atomic E-state index is 0.110. The van der Waals surface area contributed by atoms with Crippen molar-refractivity contribution in [3.63, 3.8) is 0 Å². The molecule has 216 valence electrons. The van der Waals surface area contributed by atoms with Crippen LogP contribution in [0.25, 0.3) is 0 Å². The van der Waals surface area contributed by atoms with E-state index in [0.29, 0.717) is 25.7 Å². The Morgan fingerprint density at radius 2 is 0.444 bits per heavy atom. The molecular weight excluding hydrogens is 448 g/mol. The Labute approximate surface area is 224 Å². The third-order valence-electron chi connectivity index (χ3n) is 9.55. The van der Waals surface area contributed by atoms with E-state index < -0.39 is 0 Å². The molecule has 0 bridgehead atoms. The lowest BCUT2D eigenvalue weighted by Gasteiger charge is -2.52. The quantitative estimate of drug-likeness (QED) is 0.265. The van der Waals surface area contributed by atoms with Crippen molar-refractivity contribution in [1.82, 2.24) is 0 Å². The van der Waals surface area contributed by atoms with Gasteiger partial charge in [0.2, 0.25) is 0 Å². The highest BCUT2D eigenvalue weighted by Gasteiger charge is 2.48. The minimum atomic E-state index is -0.213. The first-order chi connectivity index (χ1) is 17.7. The van der Waals surface area contributed by atoms with Crippen LogP contribution in [-0.4, -0.2) is 46.9 Å². The van der Waals surface area contributed by atoms with Gasteiger partial charge < -0.3 is 20.4 Å². The van der Waals surface area contributed by atoms with E-state index in [9.17, 15) is 20.4 Å². The van der Waals surface area contributed by atoms with Crippen LogP contribution in [0.3, 0.4) is 0 Å². The molecule has 0 spiro atoms. The molecular formula is C32H64O4. The van der Waals surface area contributed by atoms with Crippen LogP contribution in [0.1, 0.15) is 167 Å². The summed E-state index contributed by atoms with van der Waals surface area (Å²) in [5.74, 6) is 0. The number of hydrogen-bond acceptors (Lipinski definition) is 4. The van der Waals surface area contributed by atoms with Gasteiger partial charge in [0.1, 0.15) is 0 Å². The minimum Gasteiger partial charge on any atom is -0.396 e. The van der Waals surface area contributed by atoms with Gasteiger partial charge in [0.25, 0.3) is 0 Å². The van der Waals surface area contributed by atoms with E-state index in [1.54, 1.807) is 0 Å². The molecule has 1 aliphatic rings. The largest absolute Gasteiger partial charge is 0.396 e. The summed E-state index contributed by atoms with van der Waals surface area (Å²) in [6.07, 6.45) is 31.1. The molecule has 0 amide bonds. The normalized spacial score (nSPS) is 23.0. The Bertz CT molecular complexity index is 413. The van der Waals surface area contributed by atoms with Crippen molar-refractivity contribution in [2.75, 3.05) is 26.4 Å². The van der Waals surface area contributed by atoms with Crippen LogP contribution >= 0.6 is 0 Å². The number of rotatable bonds is 8. The Hall–Kier alpha value is -0.160. The molecule has 0 aliphatic heterocycles. The predicted octanol–water partition coefficient (Wildman–Crippen LogP) is 8.08. The standard InChI is InChI=1S/C32H64O4/c33-27-23-31(24-28-34)21-19-17-15-13-11-9-7-5-3-1-2-4-6-8-10-12-14-16-18-20-22-32(31,25-29-35)26-30-36/h33-36H,1-30H2. The first kappa shape index (κ1) is 33.9. The fourth-order valence-electron chi connectivity index (χ4n) is 7.31. The predicted molar refractivity (Wildman–Crippen MR) is 153 cm³/mol. The maximum atomic E-state index is 10.1. The van der Waals surface area contributed by atoms with Crippen LogP contribution in [0.15, 0.2) is 0 Å². The Balaban J connectivity index is 2.85. The zero-order chi connectivity index (χ0) is 26.2. The van der Waals surface area contributed by atoms with Gasteiger partial charge >= 0.3 is 0 Å². The second-order valence-electron chi connectivity index (χ2n) is 12.0. The van der Waals surface area contributed by atoms with E-state index in [0.717, 1.165) is 25.7 Å². The topological polar surface area (TPSA) is 80.9 Å². The lowest BCUT2D eigenvalue weighted by Crippen LogP contribution is -2.45. The zero-order valence-corrected chi connectivity index (χ0v) is 24.0. The molecule has 4 N–H and O–H groups in total. The van der Waals surface area contributed by atoms with Crippen molar-refractivity contribution in [3.8, 4) is 0 Å². The van der Waals surface area contributed by atoms with E-state index in [4.69, 9.17) is 0 Å². The third-order valence-corrected chi connectivity index (χ3v) is 9.55. The molecule has 0 atom stereocenters. The van der Waals surface area contributed by atoms with Crippen molar-refractivity contribution in [2.45, 2.75) is 167 Å². The smallest absolute Gasteiger partial charge is 0.0436 e.